The Hall–Kier alpha value is -4.73. The summed E-state index contributed by atoms with van der Waals surface area (Å²) in [7, 11) is -1.42. The van der Waals surface area contributed by atoms with Gasteiger partial charge in [-0.3, -0.25) is 0 Å². The van der Waals surface area contributed by atoms with E-state index >= 15 is 0 Å². The number of aromatic nitrogens is 3. The second kappa shape index (κ2) is 27.2. The Bertz CT molecular complexity index is 3330. The highest BCUT2D eigenvalue weighted by molar-refractivity contribution is 14.1. The van der Waals surface area contributed by atoms with Crippen molar-refractivity contribution in [3.63, 3.8) is 0 Å². The molecular formula is C53H53Br4F6IN8Si. The van der Waals surface area contributed by atoms with Crippen LogP contribution >= 0.6 is 86.3 Å². The van der Waals surface area contributed by atoms with Gasteiger partial charge >= 0.3 is 0 Å². The molecule has 2 atom stereocenters. The van der Waals surface area contributed by atoms with Crippen LogP contribution in [0.4, 0.5) is 43.4 Å². The molecule has 0 aliphatic carbocycles. The second-order valence-electron chi connectivity index (χ2n) is 17.5. The fraction of sp³-hybridized carbons (Fsp3) is 0.170. The fourth-order valence-corrected chi connectivity index (χ4v) is 9.10. The molecule has 0 amide bonds. The van der Waals surface area contributed by atoms with Crippen LogP contribution in [0, 0.1) is 63.8 Å². The van der Waals surface area contributed by atoms with Crippen molar-refractivity contribution in [2.45, 2.75) is 59.4 Å². The summed E-state index contributed by atoms with van der Waals surface area (Å²) >= 11 is 14.3. The van der Waals surface area contributed by atoms with Crippen molar-refractivity contribution in [3.8, 4) is 11.5 Å². The quantitative estimate of drug-likeness (QED) is 0.0214. The molecule has 0 saturated carbocycles. The van der Waals surface area contributed by atoms with Crippen LogP contribution in [0.5, 0.6) is 0 Å². The van der Waals surface area contributed by atoms with E-state index in [1.165, 1.54) is 30.3 Å². The number of fused-ring (bicyclic) bond motifs is 3. The minimum absolute atomic E-state index is 0.199. The SMILES string of the molecule is C[Si](C)(C)C#Cc1cc(Br)c(F)cc1N.Cc1c(F)c([C@@H](C)N)cc2cc[nH]c12.Cc1cc2cc([C@@H](C)N)c(F)cc2[nH]1.Fc1cc2[nH]ccc2cc1Br.Nc1cc(F)c(Br)cc1I.Nc1ccc(Br)c(F)c1. The molecule has 9 aromatic rings. The number of halogens is 11. The van der Waals surface area contributed by atoms with Gasteiger partial charge in [0.25, 0.3) is 0 Å². The molecule has 0 radical (unpaired) electrons. The summed E-state index contributed by atoms with van der Waals surface area (Å²) in [6.45, 7) is 13.7. The van der Waals surface area contributed by atoms with Gasteiger partial charge in [-0.15, -0.1) is 5.54 Å². The molecule has 9 rings (SSSR count). The highest BCUT2D eigenvalue weighted by Crippen LogP contribution is 2.28. The maximum Gasteiger partial charge on any atom is 0.139 e. The molecule has 6 aromatic carbocycles. The summed E-state index contributed by atoms with van der Waals surface area (Å²) in [4.78, 5) is 9.03. The van der Waals surface area contributed by atoms with Crippen molar-refractivity contribution in [2.75, 3.05) is 17.2 Å². The van der Waals surface area contributed by atoms with Crippen LogP contribution in [0.3, 0.4) is 0 Å². The Morgan fingerprint density at radius 1 is 0.562 bits per heavy atom. The van der Waals surface area contributed by atoms with Crippen LogP contribution in [0.25, 0.3) is 32.7 Å². The first-order chi connectivity index (χ1) is 34.1. The Morgan fingerprint density at radius 2 is 1.10 bits per heavy atom. The molecule has 8 nitrogen and oxygen atoms in total. The number of aryl methyl sites for hydroxylation is 2. The molecule has 0 saturated heterocycles. The molecule has 3 heterocycles. The third-order valence-electron chi connectivity index (χ3n) is 10.1. The zero-order chi connectivity index (χ0) is 54.6. The predicted octanol–water partition coefficient (Wildman–Crippen LogP) is 16.7. The normalized spacial score (nSPS) is 11.5. The molecule has 0 aliphatic heterocycles. The summed E-state index contributed by atoms with van der Waals surface area (Å²) in [5.41, 5.74) is 38.2. The van der Waals surface area contributed by atoms with Gasteiger partial charge in [0.15, 0.2) is 0 Å². The summed E-state index contributed by atoms with van der Waals surface area (Å²) in [5.74, 6) is 1.33. The van der Waals surface area contributed by atoms with E-state index in [0.717, 1.165) is 42.0 Å². The monoisotopic (exact) mass is 1390 g/mol. The van der Waals surface area contributed by atoms with E-state index in [4.69, 9.17) is 28.7 Å². The molecule has 0 spiro atoms. The molecule has 20 heteroatoms. The van der Waals surface area contributed by atoms with Crippen molar-refractivity contribution in [1.82, 2.24) is 15.0 Å². The number of nitrogen functional groups attached to an aromatic ring is 3. The largest absolute Gasteiger partial charge is 0.399 e. The van der Waals surface area contributed by atoms with Gasteiger partial charge in [0.2, 0.25) is 0 Å². The maximum atomic E-state index is 13.8. The van der Waals surface area contributed by atoms with E-state index in [1.807, 2.05) is 53.9 Å². The third-order valence-corrected chi connectivity index (χ3v) is 14.4. The summed E-state index contributed by atoms with van der Waals surface area (Å²) in [6, 6.07) is 23.9. The third kappa shape index (κ3) is 18.0. The lowest BCUT2D eigenvalue weighted by molar-refractivity contribution is 0.588. The molecule has 13 N–H and O–H groups in total. The first kappa shape index (κ1) is 60.8. The van der Waals surface area contributed by atoms with Crippen molar-refractivity contribution >= 4 is 144 Å². The van der Waals surface area contributed by atoms with Gasteiger partial charge in [-0.1, -0.05) is 25.6 Å². The van der Waals surface area contributed by atoms with Gasteiger partial charge in [-0.25, -0.2) is 26.3 Å². The Kier molecular flexibility index (Phi) is 22.6. The average Bonchev–Trinajstić information content (AvgIpc) is 4.06. The summed E-state index contributed by atoms with van der Waals surface area (Å²) in [5, 5.41) is 3.03. The summed E-state index contributed by atoms with van der Waals surface area (Å²) in [6.07, 6.45) is 3.60. The lowest BCUT2D eigenvalue weighted by atomic mass is 10.0. The average molecular weight is 1390 g/mol. The van der Waals surface area contributed by atoms with Gasteiger partial charge in [-0.05, 0) is 205 Å². The van der Waals surface area contributed by atoms with Gasteiger partial charge < -0.3 is 43.6 Å². The van der Waals surface area contributed by atoms with Gasteiger partial charge in [-0.2, -0.15) is 0 Å². The van der Waals surface area contributed by atoms with Gasteiger partial charge in [0.1, 0.15) is 43.0 Å². The molecule has 0 unspecified atom stereocenters. The van der Waals surface area contributed by atoms with E-state index in [0.29, 0.717) is 57.2 Å². The second-order valence-corrected chi connectivity index (χ2v) is 26.8. The Labute approximate surface area is 468 Å². The number of benzene rings is 6. The van der Waals surface area contributed by atoms with E-state index in [2.05, 4.69) is 110 Å². The first-order valence-electron chi connectivity index (χ1n) is 21.9. The summed E-state index contributed by atoms with van der Waals surface area (Å²) < 4.78 is 80.9. The number of anilines is 3. The zero-order valence-electron chi connectivity index (χ0n) is 40.5. The van der Waals surface area contributed by atoms with Crippen molar-refractivity contribution in [3.05, 3.63) is 188 Å². The van der Waals surface area contributed by atoms with E-state index in [9.17, 15) is 26.3 Å². The minimum Gasteiger partial charge on any atom is -0.399 e. The number of H-pyrrole nitrogens is 3. The highest BCUT2D eigenvalue weighted by atomic mass is 127. The smallest absolute Gasteiger partial charge is 0.139 e. The Balaban J connectivity index is 0.000000192. The van der Waals surface area contributed by atoms with E-state index in [-0.39, 0.29) is 47.0 Å². The Morgan fingerprint density at radius 3 is 1.68 bits per heavy atom. The van der Waals surface area contributed by atoms with E-state index in [1.54, 1.807) is 69.4 Å². The highest BCUT2D eigenvalue weighted by Gasteiger charge is 2.14. The molecule has 386 valence electrons. The maximum absolute atomic E-state index is 13.8. The van der Waals surface area contributed by atoms with Crippen molar-refractivity contribution in [1.29, 1.82) is 0 Å². The lowest BCUT2D eigenvalue weighted by Crippen LogP contribution is -2.16. The number of nitrogens with two attached hydrogens (primary N) is 5. The molecule has 73 heavy (non-hydrogen) atoms. The zero-order valence-corrected chi connectivity index (χ0v) is 50.0. The molecule has 0 fully saturated rings. The fourth-order valence-electron chi connectivity index (χ4n) is 6.40. The van der Waals surface area contributed by atoms with Gasteiger partial charge in [0, 0.05) is 94.6 Å². The minimum atomic E-state index is -1.42. The van der Waals surface area contributed by atoms with Crippen LogP contribution in [-0.2, 0) is 0 Å². The molecule has 0 aliphatic rings. The van der Waals surface area contributed by atoms with Crippen LogP contribution < -0.4 is 28.7 Å². The number of rotatable bonds is 2. The van der Waals surface area contributed by atoms with Crippen LogP contribution in [0.1, 0.15) is 53.9 Å². The number of hydrogen-bond donors (Lipinski definition) is 8. The number of aromatic amines is 3. The number of nitrogens with one attached hydrogen (secondary N) is 3. The number of hydrogen-bond acceptors (Lipinski definition) is 5. The molecule has 3 aromatic heterocycles. The van der Waals surface area contributed by atoms with Crippen molar-refractivity contribution < 1.29 is 26.3 Å². The molecule has 0 bridgehead atoms. The first-order valence-corrected chi connectivity index (χ1v) is 29.7. The van der Waals surface area contributed by atoms with Gasteiger partial charge in [0.05, 0.1) is 29.1 Å². The standard InChI is InChI=1S/C11H13BrFNSi.2C11H13FN2.C8H5BrFN.C6H4BrFIN.C6H5BrFN/c1-15(2,3)5-4-8-6-9(12)10(13)7-11(8)14;1-6-3-8-4-9(7(2)13)10(12)5-11(8)14-6;1-6-10(12)9(7(2)13)5-8-3-4-14-11(6)8;9-6-3-5-1-2-11-8(5)4-7(6)10;7-3-1-5(9)6(10)2-4(3)8;7-5-2-1-4(9)3-6(5)8/h6-7H,14H2,1-3H3;2*3-5,7,14H,13H2,1-2H3;1-4,11H;1-2H,10H2;1-3H,9H2/t;2*7-;;;/m.11.../s1. The van der Waals surface area contributed by atoms with Crippen LogP contribution in [0.2, 0.25) is 19.6 Å². The van der Waals surface area contributed by atoms with E-state index < -0.39 is 8.07 Å². The topological polar surface area (TPSA) is 177 Å². The predicted molar refractivity (Wildman–Crippen MR) is 316 cm³/mol. The lowest BCUT2D eigenvalue weighted by Gasteiger charge is -2.10. The molecular weight excluding hydrogens is 1340 g/mol. The van der Waals surface area contributed by atoms with Crippen LogP contribution in [0.15, 0.2) is 121 Å². The van der Waals surface area contributed by atoms with Crippen LogP contribution in [-0.4, -0.2) is 23.0 Å². The van der Waals surface area contributed by atoms with Crippen molar-refractivity contribution in [2.24, 2.45) is 11.5 Å².